The van der Waals surface area contributed by atoms with Crippen LogP contribution in [0.1, 0.15) is 10.4 Å². The van der Waals surface area contributed by atoms with E-state index in [2.05, 4.69) is 46.7 Å². The average molecular weight is 402 g/mol. The fourth-order valence-corrected chi connectivity index (χ4v) is 2.62. The largest absolute Gasteiger partial charge is 0.367 e. The molecule has 1 aromatic carbocycles. The zero-order valence-electron chi connectivity index (χ0n) is 15.8. The number of tetrazole rings is 1. The molecule has 0 bridgehead atoms. The summed E-state index contributed by atoms with van der Waals surface area (Å²) in [6, 6.07) is 14.4. The summed E-state index contributed by atoms with van der Waals surface area (Å²) in [6.07, 6.45) is 4.88. The quantitative estimate of drug-likeness (QED) is 0.374. The molecule has 0 saturated heterocycles. The molecule has 30 heavy (non-hydrogen) atoms. The molecule has 11 nitrogen and oxygen atoms in total. The van der Waals surface area contributed by atoms with Gasteiger partial charge in [-0.15, -0.1) is 15.3 Å². The maximum Gasteiger partial charge on any atom is 0.251 e. The molecule has 0 fully saturated rings. The third-order valence-electron chi connectivity index (χ3n) is 4.04. The summed E-state index contributed by atoms with van der Waals surface area (Å²) in [5.74, 6) is 1.04. The Morgan fingerprint density at radius 2 is 1.90 bits per heavy atom. The van der Waals surface area contributed by atoms with Crippen molar-refractivity contribution in [2.45, 2.75) is 0 Å². The molecule has 150 valence electrons. The molecule has 0 aliphatic rings. The van der Waals surface area contributed by atoms with Crippen LogP contribution in [0.25, 0.3) is 5.69 Å². The Bertz CT molecular complexity index is 1080. The van der Waals surface area contributed by atoms with Crippen LogP contribution in [0.3, 0.4) is 0 Å². The highest BCUT2D eigenvalue weighted by atomic mass is 16.1. The standard InChI is InChI=1S/C19H18N10O/c30-19(14-3-1-5-16(11-14)29-13-23-27-28-29)22-10-9-21-17-6-7-18(26-25-17)24-15-4-2-8-20-12-15/h1-8,11-13H,9-10H2,(H,21,25)(H,22,30)(H,24,26). The van der Waals surface area contributed by atoms with Crippen LogP contribution in [0.2, 0.25) is 0 Å². The summed E-state index contributed by atoms with van der Waals surface area (Å²) < 4.78 is 1.49. The molecular weight excluding hydrogens is 384 g/mol. The number of carbonyl (C=O) groups excluding carboxylic acids is 1. The zero-order valence-corrected chi connectivity index (χ0v) is 15.8. The normalized spacial score (nSPS) is 10.4. The molecule has 3 N–H and O–H groups in total. The number of hydrogen-bond acceptors (Lipinski definition) is 9. The summed E-state index contributed by atoms with van der Waals surface area (Å²) in [5.41, 5.74) is 2.06. The Morgan fingerprint density at radius 1 is 1.00 bits per heavy atom. The van der Waals surface area contributed by atoms with Gasteiger partial charge in [-0.05, 0) is 52.9 Å². The van der Waals surface area contributed by atoms with Gasteiger partial charge in [0.25, 0.3) is 5.91 Å². The fraction of sp³-hybridized carbons (Fsp3) is 0.105. The van der Waals surface area contributed by atoms with E-state index < -0.39 is 0 Å². The number of nitrogens with one attached hydrogen (secondary N) is 3. The number of rotatable bonds is 8. The van der Waals surface area contributed by atoms with Gasteiger partial charge < -0.3 is 16.0 Å². The van der Waals surface area contributed by atoms with Gasteiger partial charge >= 0.3 is 0 Å². The van der Waals surface area contributed by atoms with Crippen molar-refractivity contribution in [2.24, 2.45) is 0 Å². The van der Waals surface area contributed by atoms with E-state index in [0.29, 0.717) is 36.0 Å². The number of pyridine rings is 1. The summed E-state index contributed by atoms with van der Waals surface area (Å²) in [4.78, 5) is 16.4. The minimum atomic E-state index is -0.186. The molecule has 0 aliphatic heterocycles. The first-order valence-electron chi connectivity index (χ1n) is 9.14. The van der Waals surface area contributed by atoms with Crippen molar-refractivity contribution in [1.29, 1.82) is 0 Å². The van der Waals surface area contributed by atoms with Gasteiger partial charge in [-0.25, -0.2) is 4.68 Å². The first-order chi connectivity index (χ1) is 14.8. The molecule has 0 spiro atoms. The van der Waals surface area contributed by atoms with Crippen LogP contribution < -0.4 is 16.0 Å². The molecule has 0 atom stereocenters. The molecule has 11 heteroatoms. The topological polar surface area (TPSA) is 135 Å². The van der Waals surface area contributed by atoms with Crippen LogP contribution in [0, 0.1) is 0 Å². The lowest BCUT2D eigenvalue weighted by atomic mass is 10.2. The fourth-order valence-electron chi connectivity index (χ4n) is 2.62. The van der Waals surface area contributed by atoms with Gasteiger partial charge in [0, 0.05) is 24.8 Å². The van der Waals surface area contributed by atoms with Gasteiger partial charge in [0.2, 0.25) is 0 Å². The lowest BCUT2D eigenvalue weighted by Crippen LogP contribution is -2.29. The third-order valence-corrected chi connectivity index (χ3v) is 4.04. The van der Waals surface area contributed by atoms with Crippen molar-refractivity contribution < 1.29 is 4.79 Å². The molecule has 3 heterocycles. The minimum absolute atomic E-state index is 0.186. The van der Waals surface area contributed by atoms with Gasteiger partial charge in [-0.1, -0.05) is 6.07 Å². The van der Waals surface area contributed by atoms with Crippen LogP contribution in [-0.2, 0) is 0 Å². The lowest BCUT2D eigenvalue weighted by Gasteiger charge is -2.09. The van der Waals surface area contributed by atoms with E-state index in [-0.39, 0.29) is 5.91 Å². The Labute approximate surface area is 171 Å². The van der Waals surface area contributed by atoms with Gasteiger partial charge in [-0.3, -0.25) is 9.78 Å². The van der Waals surface area contributed by atoms with Crippen LogP contribution in [0.15, 0.2) is 67.3 Å². The van der Waals surface area contributed by atoms with Crippen molar-refractivity contribution >= 4 is 23.2 Å². The SMILES string of the molecule is O=C(NCCNc1ccc(Nc2cccnc2)nn1)c1cccc(-n2cnnn2)c1. The molecule has 3 aromatic heterocycles. The molecule has 1 amide bonds. The Kier molecular flexibility index (Phi) is 5.80. The summed E-state index contributed by atoms with van der Waals surface area (Å²) in [7, 11) is 0. The van der Waals surface area contributed by atoms with E-state index >= 15 is 0 Å². The molecular formula is C19H18N10O. The monoisotopic (exact) mass is 402 g/mol. The van der Waals surface area contributed by atoms with Gasteiger partial charge in [-0.2, -0.15) is 0 Å². The van der Waals surface area contributed by atoms with Crippen molar-refractivity contribution in [3.63, 3.8) is 0 Å². The number of anilines is 3. The molecule has 0 saturated carbocycles. The molecule has 0 aliphatic carbocycles. The number of hydrogen-bond donors (Lipinski definition) is 3. The first kappa shape index (κ1) is 18.9. The zero-order chi connectivity index (χ0) is 20.6. The Balaban J connectivity index is 1.24. The summed E-state index contributed by atoms with van der Waals surface area (Å²) in [6.45, 7) is 0.924. The van der Waals surface area contributed by atoms with Gasteiger partial charge in [0.15, 0.2) is 5.82 Å². The van der Waals surface area contributed by atoms with Crippen LogP contribution in [0.5, 0.6) is 0 Å². The minimum Gasteiger partial charge on any atom is -0.367 e. The van der Waals surface area contributed by atoms with Crippen LogP contribution in [0.4, 0.5) is 17.3 Å². The maximum atomic E-state index is 12.4. The van der Waals surface area contributed by atoms with Crippen LogP contribution >= 0.6 is 0 Å². The van der Waals surface area contributed by atoms with E-state index in [1.165, 1.54) is 11.0 Å². The molecule has 0 unspecified atom stereocenters. The van der Waals surface area contributed by atoms with E-state index in [0.717, 1.165) is 5.69 Å². The summed E-state index contributed by atoms with van der Waals surface area (Å²) >= 11 is 0. The van der Waals surface area contributed by atoms with Gasteiger partial charge in [0.05, 0.1) is 17.6 Å². The lowest BCUT2D eigenvalue weighted by molar-refractivity contribution is 0.0955. The van der Waals surface area contributed by atoms with E-state index in [1.807, 2.05) is 30.3 Å². The Hall–Kier alpha value is -4.41. The second-order valence-electron chi connectivity index (χ2n) is 6.16. The van der Waals surface area contributed by atoms with E-state index in [1.54, 1.807) is 30.6 Å². The van der Waals surface area contributed by atoms with Gasteiger partial charge in [0.1, 0.15) is 12.1 Å². The second-order valence-corrected chi connectivity index (χ2v) is 6.16. The van der Waals surface area contributed by atoms with Crippen molar-refractivity contribution in [3.8, 4) is 5.69 Å². The maximum absolute atomic E-state index is 12.4. The number of benzene rings is 1. The number of amides is 1. The predicted octanol–water partition coefficient (Wildman–Crippen LogP) is 1.43. The average Bonchev–Trinajstić information content (AvgIpc) is 3.34. The Morgan fingerprint density at radius 3 is 2.67 bits per heavy atom. The molecule has 4 rings (SSSR count). The smallest absolute Gasteiger partial charge is 0.251 e. The summed E-state index contributed by atoms with van der Waals surface area (Å²) in [5, 5.41) is 28.3. The third kappa shape index (κ3) is 4.90. The van der Waals surface area contributed by atoms with Crippen molar-refractivity contribution in [1.82, 2.24) is 40.7 Å². The van der Waals surface area contributed by atoms with Crippen molar-refractivity contribution in [2.75, 3.05) is 23.7 Å². The highest BCUT2D eigenvalue weighted by molar-refractivity contribution is 5.94. The van der Waals surface area contributed by atoms with E-state index in [9.17, 15) is 4.79 Å². The number of aromatic nitrogens is 7. The van der Waals surface area contributed by atoms with E-state index in [4.69, 9.17) is 0 Å². The highest BCUT2D eigenvalue weighted by Crippen LogP contribution is 2.13. The number of carbonyl (C=O) groups is 1. The van der Waals surface area contributed by atoms with Crippen LogP contribution in [-0.4, -0.2) is 54.4 Å². The molecule has 4 aromatic rings. The predicted molar refractivity (Wildman–Crippen MR) is 110 cm³/mol. The highest BCUT2D eigenvalue weighted by Gasteiger charge is 2.07. The second kappa shape index (κ2) is 9.19. The number of nitrogens with zero attached hydrogens (tertiary/aromatic N) is 7. The first-order valence-corrected chi connectivity index (χ1v) is 9.14. The molecule has 0 radical (unpaired) electrons. The van der Waals surface area contributed by atoms with Crippen molar-refractivity contribution in [3.05, 3.63) is 72.8 Å².